The lowest BCUT2D eigenvalue weighted by Gasteiger charge is -1.93. The average molecular weight is 338 g/mol. The standard InChI is InChI=1S/C7H5BrIN3/c1-12-4-2-3-10-6(8)5(4)7(9)11-12/h2-3H,1H3. The second-order valence-electron chi connectivity index (χ2n) is 2.41. The summed E-state index contributed by atoms with van der Waals surface area (Å²) >= 11 is 5.59. The molecule has 2 aromatic heterocycles. The number of hydrogen-bond donors (Lipinski definition) is 0. The number of aromatic nitrogens is 3. The Labute approximate surface area is 91.4 Å². The predicted molar refractivity (Wildman–Crippen MR) is 58.9 cm³/mol. The third-order valence-electron chi connectivity index (χ3n) is 1.68. The first-order chi connectivity index (χ1) is 5.70. The second kappa shape index (κ2) is 2.95. The van der Waals surface area contributed by atoms with Crippen molar-refractivity contribution in [1.29, 1.82) is 0 Å². The Hall–Kier alpha value is -0.170. The topological polar surface area (TPSA) is 30.7 Å². The molecule has 2 heterocycles. The highest BCUT2D eigenvalue weighted by molar-refractivity contribution is 14.1. The maximum Gasteiger partial charge on any atom is 0.133 e. The zero-order valence-electron chi connectivity index (χ0n) is 6.25. The number of halogens is 2. The molecule has 0 amide bonds. The van der Waals surface area contributed by atoms with E-state index in [1.165, 1.54) is 0 Å². The molecular weight excluding hydrogens is 333 g/mol. The fraction of sp³-hybridized carbons (Fsp3) is 0.143. The van der Waals surface area contributed by atoms with E-state index in [4.69, 9.17) is 0 Å². The molecule has 0 aromatic carbocycles. The summed E-state index contributed by atoms with van der Waals surface area (Å²) in [5, 5.41) is 5.37. The van der Waals surface area contributed by atoms with Crippen LogP contribution in [0.15, 0.2) is 16.9 Å². The molecule has 0 spiro atoms. The molecule has 0 aliphatic carbocycles. The Kier molecular flexibility index (Phi) is 2.07. The number of hydrogen-bond acceptors (Lipinski definition) is 2. The first-order valence-electron chi connectivity index (χ1n) is 3.33. The number of rotatable bonds is 0. The second-order valence-corrected chi connectivity index (χ2v) is 4.18. The maximum absolute atomic E-state index is 4.28. The third-order valence-corrected chi connectivity index (χ3v) is 3.03. The van der Waals surface area contributed by atoms with Gasteiger partial charge in [-0.15, -0.1) is 0 Å². The Morgan fingerprint density at radius 2 is 2.33 bits per heavy atom. The Bertz CT molecular complexity index is 437. The summed E-state index contributed by atoms with van der Waals surface area (Å²) in [6.07, 6.45) is 1.77. The van der Waals surface area contributed by atoms with Crippen molar-refractivity contribution in [3.63, 3.8) is 0 Å². The molecule has 0 aliphatic heterocycles. The SMILES string of the molecule is Cn1nc(I)c2c(Br)nccc21. The Balaban J connectivity index is 2.99. The van der Waals surface area contributed by atoms with E-state index >= 15 is 0 Å². The minimum Gasteiger partial charge on any atom is -0.267 e. The van der Waals surface area contributed by atoms with Gasteiger partial charge in [-0.1, -0.05) is 0 Å². The number of nitrogens with zero attached hydrogens (tertiary/aromatic N) is 3. The van der Waals surface area contributed by atoms with Crippen LogP contribution in [-0.4, -0.2) is 14.8 Å². The minimum atomic E-state index is 0.859. The van der Waals surface area contributed by atoms with Crippen molar-refractivity contribution in [2.45, 2.75) is 0 Å². The lowest BCUT2D eigenvalue weighted by atomic mass is 10.3. The van der Waals surface area contributed by atoms with Crippen LogP contribution in [0.3, 0.4) is 0 Å². The summed E-state index contributed by atoms with van der Waals surface area (Å²) in [5.41, 5.74) is 1.10. The highest BCUT2D eigenvalue weighted by Gasteiger charge is 2.08. The number of pyridine rings is 1. The summed E-state index contributed by atoms with van der Waals surface area (Å²) in [4.78, 5) is 4.14. The highest BCUT2D eigenvalue weighted by atomic mass is 127. The first kappa shape index (κ1) is 8.43. The summed E-state index contributed by atoms with van der Waals surface area (Å²) < 4.78 is 3.69. The molecule has 12 heavy (non-hydrogen) atoms. The normalized spacial score (nSPS) is 10.9. The van der Waals surface area contributed by atoms with Gasteiger partial charge in [-0.3, -0.25) is 4.68 Å². The van der Waals surface area contributed by atoms with Gasteiger partial charge in [0.1, 0.15) is 8.30 Å². The van der Waals surface area contributed by atoms with Gasteiger partial charge < -0.3 is 0 Å². The zero-order chi connectivity index (χ0) is 8.72. The van der Waals surface area contributed by atoms with Crippen molar-refractivity contribution in [2.24, 2.45) is 7.05 Å². The highest BCUT2D eigenvalue weighted by Crippen LogP contribution is 2.25. The van der Waals surface area contributed by atoms with Gasteiger partial charge >= 0.3 is 0 Å². The molecule has 2 rings (SSSR count). The van der Waals surface area contributed by atoms with Crippen LogP contribution in [0, 0.1) is 3.70 Å². The monoisotopic (exact) mass is 337 g/mol. The third kappa shape index (κ3) is 1.15. The molecule has 0 radical (unpaired) electrons. The van der Waals surface area contributed by atoms with Crippen LogP contribution < -0.4 is 0 Å². The average Bonchev–Trinajstić information content (AvgIpc) is 2.29. The molecule has 0 fully saturated rings. The van der Waals surface area contributed by atoms with Gasteiger partial charge in [0.15, 0.2) is 0 Å². The van der Waals surface area contributed by atoms with Crippen molar-refractivity contribution < 1.29 is 0 Å². The van der Waals surface area contributed by atoms with Crippen molar-refractivity contribution in [2.75, 3.05) is 0 Å². The smallest absolute Gasteiger partial charge is 0.133 e. The van der Waals surface area contributed by atoms with Crippen LogP contribution in [0.5, 0.6) is 0 Å². The fourth-order valence-corrected chi connectivity index (χ4v) is 2.86. The minimum absolute atomic E-state index is 0.859. The van der Waals surface area contributed by atoms with E-state index in [2.05, 4.69) is 48.6 Å². The van der Waals surface area contributed by atoms with Crippen molar-refractivity contribution in [3.8, 4) is 0 Å². The van der Waals surface area contributed by atoms with E-state index in [9.17, 15) is 0 Å². The zero-order valence-corrected chi connectivity index (χ0v) is 10.00. The van der Waals surface area contributed by atoms with Crippen molar-refractivity contribution in [1.82, 2.24) is 14.8 Å². The number of aryl methyl sites for hydroxylation is 1. The van der Waals surface area contributed by atoms with Crippen LogP contribution in [-0.2, 0) is 7.05 Å². The van der Waals surface area contributed by atoms with Crippen LogP contribution >= 0.6 is 38.5 Å². The predicted octanol–water partition coefficient (Wildman–Crippen LogP) is 2.34. The molecule has 62 valence electrons. The van der Waals surface area contributed by atoms with E-state index in [1.807, 2.05) is 17.8 Å². The maximum atomic E-state index is 4.28. The van der Waals surface area contributed by atoms with Gasteiger partial charge in [0.25, 0.3) is 0 Å². The summed E-state index contributed by atoms with van der Waals surface area (Å²) in [5.74, 6) is 0. The van der Waals surface area contributed by atoms with E-state index < -0.39 is 0 Å². The number of fused-ring (bicyclic) bond motifs is 1. The van der Waals surface area contributed by atoms with Crippen LogP contribution in [0.4, 0.5) is 0 Å². The molecule has 0 unspecified atom stereocenters. The van der Waals surface area contributed by atoms with Gasteiger partial charge in [-0.2, -0.15) is 5.10 Å². The Morgan fingerprint density at radius 1 is 1.58 bits per heavy atom. The molecule has 2 aromatic rings. The van der Waals surface area contributed by atoms with Crippen LogP contribution in [0.25, 0.3) is 10.9 Å². The molecule has 0 atom stereocenters. The van der Waals surface area contributed by atoms with E-state index in [-0.39, 0.29) is 0 Å². The first-order valence-corrected chi connectivity index (χ1v) is 5.20. The molecule has 3 nitrogen and oxygen atoms in total. The molecule has 0 aliphatic rings. The largest absolute Gasteiger partial charge is 0.267 e. The fourth-order valence-electron chi connectivity index (χ4n) is 1.12. The van der Waals surface area contributed by atoms with E-state index in [1.54, 1.807) is 6.20 Å². The lowest BCUT2D eigenvalue weighted by Crippen LogP contribution is -1.88. The van der Waals surface area contributed by atoms with Crippen molar-refractivity contribution in [3.05, 3.63) is 20.6 Å². The molecule has 0 bridgehead atoms. The van der Waals surface area contributed by atoms with Crippen LogP contribution in [0.1, 0.15) is 0 Å². The summed E-state index contributed by atoms with van der Waals surface area (Å²) in [6.45, 7) is 0. The van der Waals surface area contributed by atoms with Gasteiger partial charge in [-0.05, 0) is 44.6 Å². The molecule has 0 N–H and O–H groups in total. The molecule has 0 saturated heterocycles. The van der Waals surface area contributed by atoms with Gasteiger partial charge in [0.05, 0.1) is 10.9 Å². The van der Waals surface area contributed by atoms with E-state index in [0.29, 0.717) is 0 Å². The Morgan fingerprint density at radius 3 is 3.00 bits per heavy atom. The van der Waals surface area contributed by atoms with Crippen LogP contribution in [0.2, 0.25) is 0 Å². The van der Waals surface area contributed by atoms with Gasteiger partial charge in [0.2, 0.25) is 0 Å². The van der Waals surface area contributed by atoms with E-state index in [0.717, 1.165) is 19.2 Å². The van der Waals surface area contributed by atoms with Gasteiger partial charge in [0, 0.05) is 13.2 Å². The van der Waals surface area contributed by atoms with Gasteiger partial charge in [-0.25, -0.2) is 4.98 Å². The van der Waals surface area contributed by atoms with Crippen molar-refractivity contribution >= 4 is 49.4 Å². The summed E-state index contributed by atoms with van der Waals surface area (Å²) in [6, 6.07) is 1.95. The lowest BCUT2D eigenvalue weighted by molar-refractivity contribution is 0.787. The summed E-state index contributed by atoms with van der Waals surface area (Å²) in [7, 11) is 1.93. The molecular formula is C7H5BrIN3. The molecule has 0 saturated carbocycles. The quantitative estimate of drug-likeness (QED) is 0.545. The molecule has 5 heteroatoms.